The van der Waals surface area contributed by atoms with E-state index in [2.05, 4.69) is 40.2 Å². The van der Waals surface area contributed by atoms with E-state index in [1.165, 1.54) is 48.6 Å². The Bertz CT molecular complexity index is 461. The van der Waals surface area contributed by atoms with Crippen LogP contribution in [0.25, 0.3) is 0 Å². The normalized spacial score (nSPS) is 41.5. The van der Waals surface area contributed by atoms with Crippen molar-refractivity contribution in [3.63, 3.8) is 0 Å². The minimum Gasteiger partial charge on any atom is -0.323 e. The van der Waals surface area contributed by atoms with E-state index in [0.29, 0.717) is 5.41 Å². The summed E-state index contributed by atoms with van der Waals surface area (Å²) in [5, 5.41) is 0. The van der Waals surface area contributed by atoms with Crippen LogP contribution in [0.15, 0.2) is 28.7 Å². The number of hydrogen-bond acceptors (Lipinski definition) is 1. The molecule has 0 amide bonds. The quantitative estimate of drug-likeness (QED) is 0.842. The molecule has 1 atom stereocenters. The molecule has 4 bridgehead atoms. The van der Waals surface area contributed by atoms with Crippen LogP contribution in [-0.4, -0.2) is 0 Å². The molecule has 4 fully saturated rings. The van der Waals surface area contributed by atoms with Gasteiger partial charge >= 0.3 is 0 Å². The molecular weight excluding hydrogens is 298 g/mol. The molecular formula is C17H22BrN. The van der Waals surface area contributed by atoms with Gasteiger partial charge in [-0.15, -0.1) is 0 Å². The molecule has 1 aromatic carbocycles. The monoisotopic (exact) mass is 319 g/mol. The van der Waals surface area contributed by atoms with Crippen LogP contribution in [0.3, 0.4) is 0 Å². The van der Waals surface area contributed by atoms with Crippen molar-refractivity contribution in [3.05, 3.63) is 34.3 Å². The van der Waals surface area contributed by atoms with E-state index in [0.717, 1.165) is 17.8 Å². The summed E-state index contributed by atoms with van der Waals surface area (Å²) in [5.41, 5.74) is 8.49. The smallest absolute Gasteiger partial charge is 0.0363 e. The largest absolute Gasteiger partial charge is 0.323 e. The Kier molecular flexibility index (Phi) is 2.82. The van der Waals surface area contributed by atoms with E-state index in [-0.39, 0.29) is 6.04 Å². The van der Waals surface area contributed by atoms with E-state index < -0.39 is 0 Å². The summed E-state index contributed by atoms with van der Waals surface area (Å²) in [6, 6.07) is 8.78. The highest BCUT2D eigenvalue weighted by molar-refractivity contribution is 9.10. The first-order chi connectivity index (χ1) is 9.16. The molecule has 1 nitrogen and oxygen atoms in total. The van der Waals surface area contributed by atoms with Gasteiger partial charge in [0.25, 0.3) is 0 Å². The van der Waals surface area contributed by atoms with Crippen molar-refractivity contribution in [1.29, 1.82) is 0 Å². The fourth-order valence-corrected chi connectivity index (χ4v) is 6.15. The summed E-state index contributed by atoms with van der Waals surface area (Å²) >= 11 is 3.70. The molecule has 5 rings (SSSR count). The maximum atomic E-state index is 6.76. The molecule has 2 heteroatoms. The van der Waals surface area contributed by atoms with Gasteiger partial charge < -0.3 is 5.73 Å². The predicted octanol–water partition coefficient (Wildman–Crippen LogP) is 4.67. The van der Waals surface area contributed by atoms with Gasteiger partial charge in [0, 0.05) is 10.5 Å². The van der Waals surface area contributed by atoms with Crippen molar-refractivity contribution in [2.45, 2.75) is 44.6 Å². The van der Waals surface area contributed by atoms with Gasteiger partial charge in [-0.3, -0.25) is 0 Å². The zero-order chi connectivity index (χ0) is 13.0. The molecule has 0 aromatic heterocycles. The number of rotatable bonds is 2. The third-order valence-electron chi connectivity index (χ3n) is 5.99. The average Bonchev–Trinajstić information content (AvgIpc) is 2.37. The van der Waals surface area contributed by atoms with Gasteiger partial charge in [0.1, 0.15) is 0 Å². The zero-order valence-electron chi connectivity index (χ0n) is 11.3. The second kappa shape index (κ2) is 4.33. The van der Waals surface area contributed by atoms with Crippen LogP contribution in [-0.2, 0) is 0 Å². The van der Waals surface area contributed by atoms with Gasteiger partial charge in [0.05, 0.1) is 0 Å². The Morgan fingerprint density at radius 3 is 2.05 bits per heavy atom. The molecule has 0 radical (unpaired) electrons. The fourth-order valence-electron chi connectivity index (χ4n) is 5.62. The van der Waals surface area contributed by atoms with Crippen LogP contribution >= 0.6 is 15.9 Å². The highest BCUT2D eigenvalue weighted by Crippen LogP contribution is 2.63. The standard InChI is InChI=1S/C17H22BrN/c18-15-4-2-1-3-14(15)16(19)17-8-11-5-12(9-17)7-13(6-11)10-17/h1-4,11-13,16H,5-10,19H2. The first-order valence-electron chi connectivity index (χ1n) is 7.66. The lowest BCUT2D eigenvalue weighted by atomic mass is 9.47. The lowest BCUT2D eigenvalue weighted by molar-refractivity contribution is -0.0678. The molecule has 1 aromatic rings. The molecule has 4 saturated carbocycles. The molecule has 4 aliphatic rings. The summed E-state index contributed by atoms with van der Waals surface area (Å²) in [6.45, 7) is 0. The summed E-state index contributed by atoms with van der Waals surface area (Å²) in [6.07, 6.45) is 8.59. The Hall–Kier alpha value is -0.340. The molecule has 0 heterocycles. The molecule has 102 valence electrons. The predicted molar refractivity (Wildman–Crippen MR) is 81.7 cm³/mol. The van der Waals surface area contributed by atoms with Gasteiger partial charge in [0.15, 0.2) is 0 Å². The van der Waals surface area contributed by atoms with E-state index in [1.54, 1.807) is 0 Å². The molecule has 0 spiro atoms. The SMILES string of the molecule is NC(c1ccccc1Br)C12CC3CC(CC(C3)C1)C2. The minimum absolute atomic E-state index is 0.219. The Balaban J connectivity index is 1.70. The van der Waals surface area contributed by atoms with E-state index in [9.17, 15) is 0 Å². The van der Waals surface area contributed by atoms with Crippen LogP contribution in [0, 0.1) is 23.2 Å². The third-order valence-corrected chi connectivity index (χ3v) is 6.71. The maximum absolute atomic E-state index is 6.76. The molecule has 19 heavy (non-hydrogen) atoms. The Morgan fingerprint density at radius 1 is 1.00 bits per heavy atom. The summed E-state index contributed by atoms with van der Waals surface area (Å²) in [7, 11) is 0. The first kappa shape index (κ1) is 12.4. The molecule has 0 saturated heterocycles. The highest BCUT2D eigenvalue weighted by Gasteiger charge is 2.53. The van der Waals surface area contributed by atoms with Crippen LogP contribution in [0.1, 0.15) is 50.1 Å². The van der Waals surface area contributed by atoms with Crippen LogP contribution in [0.5, 0.6) is 0 Å². The lowest BCUT2D eigenvalue weighted by Crippen LogP contribution is -2.50. The van der Waals surface area contributed by atoms with Crippen molar-refractivity contribution in [2.75, 3.05) is 0 Å². The lowest BCUT2D eigenvalue weighted by Gasteiger charge is -2.59. The van der Waals surface area contributed by atoms with Crippen molar-refractivity contribution < 1.29 is 0 Å². The number of hydrogen-bond donors (Lipinski definition) is 1. The van der Waals surface area contributed by atoms with Gasteiger partial charge in [-0.1, -0.05) is 34.1 Å². The van der Waals surface area contributed by atoms with E-state index in [1.807, 2.05) is 0 Å². The maximum Gasteiger partial charge on any atom is 0.0363 e. The summed E-state index contributed by atoms with van der Waals surface area (Å²) < 4.78 is 1.19. The molecule has 4 aliphatic carbocycles. The van der Waals surface area contributed by atoms with E-state index >= 15 is 0 Å². The van der Waals surface area contributed by atoms with Crippen molar-refractivity contribution in [3.8, 4) is 0 Å². The Labute approximate surface area is 124 Å². The second-order valence-electron chi connectivity index (χ2n) is 7.28. The topological polar surface area (TPSA) is 26.0 Å². The first-order valence-corrected chi connectivity index (χ1v) is 8.45. The van der Waals surface area contributed by atoms with Crippen molar-refractivity contribution in [1.82, 2.24) is 0 Å². The zero-order valence-corrected chi connectivity index (χ0v) is 12.9. The Morgan fingerprint density at radius 2 is 1.53 bits per heavy atom. The van der Waals surface area contributed by atoms with Crippen molar-refractivity contribution in [2.24, 2.45) is 28.9 Å². The summed E-state index contributed by atoms with van der Waals surface area (Å²) in [5.74, 6) is 2.92. The summed E-state index contributed by atoms with van der Waals surface area (Å²) in [4.78, 5) is 0. The number of halogens is 1. The molecule has 1 unspecified atom stereocenters. The fraction of sp³-hybridized carbons (Fsp3) is 0.647. The van der Waals surface area contributed by atoms with Crippen LogP contribution < -0.4 is 5.73 Å². The minimum atomic E-state index is 0.219. The second-order valence-corrected chi connectivity index (χ2v) is 8.13. The van der Waals surface area contributed by atoms with Crippen LogP contribution in [0.4, 0.5) is 0 Å². The van der Waals surface area contributed by atoms with Gasteiger partial charge in [-0.05, 0) is 73.3 Å². The van der Waals surface area contributed by atoms with Crippen LogP contribution in [0.2, 0.25) is 0 Å². The van der Waals surface area contributed by atoms with Gasteiger partial charge in [0.2, 0.25) is 0 Å². The number of nitrogens with two attached hydrogens (primary N) is 1. The van der Waals surface area contributed by atoms with E-state index in [4.69, 9.17) is 5.73 Å². The van der Waals surface area contributed by atoms with Gasteiger partial charge in [-0.25, -0.2) is 0 Å². The van der Waals surface area contributed by atoms with Gasteiger partial charge in [-0.2, -0.15) is 0 Å². The average molecular weight is 320 g/mol. The van der Waals surface area contributed by atoms with Crippen molar-refractivity contribution >= 4 is 15.9 Å². The highest BCUT2D eigenvalue weighted by atomic mass is 79.9. The molecule has 2 N–H and O–H groups in total. The molecule has 0 aliphatic heterocycles. The number of benzene rings is 1. The third kappa shape index (κ3) is 1.91.